The van der Waals surface area contributed by atoms with E-state index in [0.29, 0.717) is 11.7 Å². The van der Waals surface area contributed by atoms with Crippen molar-refractivity contribution in [2.75, 3.05) is 12.3 Å². The number of thioether (sulfide) groups is 1. The van der Waals surface area contributed by atoms with E-state index in [1.54, 1.807) is 13.1 Å². The maximum absolute atomic E-state index is 10.1. The minimum absolute atomic E-state index is 0.0898. The molecule has 0 unspecified atom stereocenters. The fourth-order valence-corrected chi connectivity index (χ4v) is 1.04. The third-order valence-electron chi connectivity index (χ3n) is 0.797. The van der Waals surface area contributed by atoms with Crippen molar-refractivity contribution >= 4 is 22.9 Å². The number of nitrogens with zero attached hydrogens (tertiary/aromatic N) is 2. The lowest BCUT2D eigenvalue weighted by Gasteiger charge is -1.98. The van der Waals surface area contributed by atoms with Crippen molar-refractivity contribution < 1.29 is 9.90 Å². The van der Waals surface area contributed by atoms with Crippen molar-refractivity contribution in [2.24, 2.45) is 4.99 Å². The Morgan fingerprint density at radius 1 is 1.83 bits per heavy atom. The van der Waals surface area contributed by atoms with Gasteiger partial charge in [-0.15, -0.1) is 0 Å². The van der Waals surface area contributed by atoms with Crippen LogP contribution in [0.5, 0.6) is 0 Å². The molecule has 0 amide bonds. The topological polar surface area (TPSA) is 85.5 Å². The van der Waals surface area contributed by atoms with E-state index in [9.17, 15) is 4.79 Å². The second kappa shape index (κ2) is 6.49. The number of rotatable bonds is 3. The Labute approximate surface area is 74.5 Å². The standard InChI is InChI=1S/C6H9N3O2S/c1-2-8-6(9-4-7)12-3-5(10)11/h2-3H2,1H3,(H,8,9)(H,10,11). The summed E-state index contributed by atoms with van der Waals surface area (Å²) < 4.78 is 0. The molecule has 12 heavy (non-hydrogen) atoms. The van der Waals surface area contributed by atoms with Crippen LogP contribution in [-0.2, 0) is 4.79 Å². The van der Waals surface area contributed by atoms with E-state index in [1.807, 2.05) is 0 Å². The SMILES string of the molecule is CCN=C(NC#N)SCC(=O)O. The van der Waals surface area contributed by atoms with E-state index in [4.69, 9.17) is 10.4 Å². The predicted molar refractivity (Wildman–Crippen MR) is 46.8 cm³/mol. The molecule has 0 fully saturated rings. The summed E-state index contributed by atoms with van der Waals surface area (Å²) in [5, 5.41) is 19.2. The third kappa shape index (κ3) is 5.56. The van der Waals surface area contributed by atoms with Gasteiger partial charge in [-0.25, -0.2) is 0 Å². The Hall–Kier alpha value is -1.22. The average Bonchev–Trinajstić information content (AvgIpc) is 2.01. The quantitative estimate of drug-likeness (QED) is 0.286. The maximum atomic E-state index is 10.1. The lowest BCUT2D eigenvalue weighted by molar-refractivity contribution is -0.133. The molecule has 0 aromatic heterocycles. The number of amidine groups is 1. The van der Waals surface area contributed by atoms with Crippen LogP contribution in [0.4, 0.5) is 0 Å². The third-order valence-corrected chi connectivity index (χ3v) is 1.69. The van der Waals surface area contributed by atoms with E-state index < -0.39 is 5.97 Å². The van der Waals surface area contributed by atoms with E-state index in [-0.39, 0.29) is 5.75 Å². The highest BCUT2D eigenvalue weighted by Crippen LogP contribution is 2.00. The van der Waals surface area contributed by atoms with Crippen LogP contribution < -0.4 is 5.32 Å². The normalized spacial score (nSPS) is 10.5. The zero-order valence-electron chi connectivity index (χ0n) is 6.57. The highest BCUT2D eigenvalue weighted by atomic mass is 32.2. The van der Waals surface area contributed by atoms with Gasteiger partial charge in [0, 0.05) is 6.54 Å². The van der Waals surface area contributed by atoms with Gasteiger partial charge in [-0.1, -0.05) is 11.8 Å². The van der Waals surface area contributed by atoms with E-state index in [2.05, 4.69) is 10.3 Å². The molecular weight excluding hydrogens is 178 g/mol. The smallest absolute Gasteiger partial charge is 0.313 e. The van der Waals surface area contributed by atoms with Crippen molar-refractivity contribution in [2.45, 2.75) is 6.92 Å². The second-order valence-corrected chi connectivity index (χ2v) is 2.66. The lowest BCUT2D eigenvalue weighted by Crippen LogP contribution is -2.16. The van der Waals surface area contributed by atoms with Crippen LogP contribution in [0.25, 0.3) is 0 Å². The van der Waals surface area contributed by atoms with E-state index in [1.165, 1.54) is 0 Å². The van der Waals surface area contributed by atoms with Gasteiger partial charge in [0.1, 0.15) is 0 Å². The molecule has 66 valence electrons. The van der Waals surface area contributed by atoms with Crippen molar-refractivity contribution in [3.8, 4) is 6.19 Å². The molecule has 0 aromatic rings. The number of nitrogens with one attached hydrogen (secondary N) is 1. The molecular formula is C6H9N3O2S. The van der Waals surface area contributed by atoms with Crippen molar-refractivity contribution in [3.63, 3.8) is 0 Å². The molecule has 0 heterocycles. The molecule has 2 N–H and O–H groups in total. The molecule has 0 rings (SSSR count). The Morgan fingerprint density at radius 3 is 2.92 bits per heavy atom. The molecule has 0 aliphatic heterocycles. The van der Waals surface area contributed by atoms with Crippen molar-refractivity contribution in [1.82, 2.24) is 5.32 Å². The van der Waals surface area contributed by atoms with Gasteiger partial charge in [0.15, 0.2) is 11.4 Å². The van der Waals surface area contributed by atoms with Gasteiger partial charge in [-0.3, -0.25) is 15.1 Å². The van der Waals surface area contributed by atoms with Crippen LogP contribution in [0.15, 0.2) is 4.99 Å². The Morgan fingerprint density at radius 2 is 2.50 bits per heavy atom. The Balaban J connectivity index is 3.89. The molecule has 5 nitrogen and oxygen atoms in total. The molecule has 0 spiro atoms. The number of hydrogen-bond acceptors (Lipinski definition) is 4. The van der Waals surface area contributed by atoms with Crippen molar-refractivity contribution in [3.05, 3.63) is 0 Å². The van der Waals surface area contributed by atoms with Crippen LogP contribution >= 0.6 is 11.8 Å². The molecule has 0 aromatic carbocycles. The predicted octanol–water partition coefficient (Wildman–Crippen LogP) is 0.251. The fourth-order valence-electron chi connectivity index (χ4n) is 0.443. The lowest BCUT2D eigenvalue weighted by atomic mass is 10.8. The number of carboxylic acid groups (broad SMARTS) is 1. The summed E-state index contributed by atoms with van der Waals surface area (Å²) >= 11 is 0.996. The number of nitriles is 1. The summed E-state index contributed by atoms with van der Waals surface area (Å²) in [5.74, 6) is -1.02. The largest absolute Gasteiger partial charge is 0.481 e. The summed E-state index contributed by atoms with van der Waals surface area (Å²) in [5.41, 5.74) is 0. The summed E-state index contributed by atoms with van der Waals surface area (Å²) in [6.45, 7) is 2.33. The van der Waals surface area contributed by atoms with Gasteiger partial charge in [0.05, 0.1) is 5.75 Å². The number of hydrogen-bond donors (Lipinski definition) is 2. The Kier molecular flexibility index (Phi) is 5.83. The molecule has 0 aliphatic carbocycles. The van der Waals surface area contributed by atoms with Gasteiger partial charge >= 0.3 is 5.97 Å². The minimum atomic E-state index is -0.927. The van der Waals surface area contributed by atoms with Gasteiger partial charge in [0.2, 0.25) is 0 Å². The first kappa shape index (κ1) is 10.8. The van der Waals surface area contributed by atoms with E-state index >= 15 is 0 Å². The molecule has 0 radical (unpaired) electrons. The number of aliphatic carboxylic acids is 1. The van der Waals surface area contributed by atoms with Crippen LogP contribution in [-0.4, -0.2) is 28.5 Å². The highest BCUT2D eigenvalue weighted by molar-refractivity contribution is 8.14. The molecule has 0 bridgehead atoms. The summed E-state index contributed by atoms with van der Waals surface area (Å²) in [7, 11) is 0. The van der Waals surface area contributed by atoms with Gasteiger partial charge in [0.25, 0.3) is 0 Å². The number of carboxylic acids is 1. The molecule has 6 heteroatoms. The number of carbonyl (C=O) groups is 1. The van der Waals surface area contributed by atoms with Crippen LogP contribution in [0.1, 0.15) is 6.92 Å². The monoisotopic (exact) mass is 187 g/mol. The summed E-state index contributed by atoms with van der Waals surface area (Å²) in [6.07, 6.45) is 1.68. The Bertz CT molecular complexity index is 221. The fraction of sp³-hybridized carbons (Fsp3) is 0.500. The van der Waals surface area contributed by atoms with E-state index in [0.717, 1.165) is 11.8 Å². The first-order chi connectivity index (χ1) is 5.70. The van der Waals surface area contributed by atoms with Crippen LogP contribution in [0, 0.1) is 11.5 Å². The van der Waals surface area contributed by atoms with Gasteiger partial charge < -0.3 is 5.11 Å². The first-order valence-corrected chi connectivity index (χ1v) is 4.23. The summed E-state index contributed by atoms with van der Waals surface area (Å²) in [6, 6.07) is 0. The second-order valence-electron chi connectivity index (χ2n) is 1.70. The van der Waals surface area contributed by atoms with Gasteiger partial charge in [-0.2, -0.15) is 5.26 Å². The zero-order chi connectivity index (χ0) is 9.40. The molecule has 0 aliphatic rings. The zero-order valence-corrected chi connectivity index (χ0v) is 7.39. The van der Waals surface area contributed by atoms with Gasteiger partial charge in [-0.05, 0) is 6.92 Å². The maximum Gasteiger partial charge on any atom is 0.313 e. The molecule has 0 saturated heterocycles. The number of aliphatic imine (C=N–C) groups is 1. The van der Waals surface area contributed by atoms with Crippen LogP contribution in [0.3, 0.4) is 0 Å². The minimum Gasteiger partial charge on any atom is -0.481 e. The highest BCUT2D eigenvalue weighted by Gasteiger charge is 2.02. The molecule has 0 atom stereocenters. The average molecular weight is 187 g/mol. The first-order valence-electron chi connectivity index (χ1n) is 3.24. The summed E-state index contributed by atoms with van der Waals surface area (Å²) in [4.78, 5) is 14.0. The van der Waals surface area contributed by atoms with Crippen LogP contribution in [0.2, 0.25) is 0 Å². The molecule has 0 saturated carbocycles. The van der Waals surface area contributed by atoms with Crippen molar-refractivity contribution in [1.29, 1.82) is 5.26 Å².